The van der Waals surface area contributed by atoms with Crippen LogP contribution in [0.5, 0.6) is 0 Å². The first-order valence-electron chi connectivity index (χ1n) is 5.85. The number of hydrogen-bond donors (Lipinski definition) is 1. The summed E-state index contributed by atoms with van der Waals surface area (Å²) in [5.41, 5.74) is 6.53. The minimum Gasteiger partial charge on any atom is -0.330 e. The molecular weight excluding hydrogens is 230 g/mol. The van der Waals surface area contributed by atoms with Gasteiger partial charge >= 0.3 is 0 Å². The second kappa shape index (κ2) is 4.98. The van der Waals surface area contributed by atoms with Gasteiger partial charge in [-0.25, -0.2) is 0 Å². The largest absolute Gasteiger partial charge is 0.330 e. The first-order valence-corrected chi connectivity index (χ1v) is 6.73. The molecule has 0 aliphatic rings. The summed E-state index contributed by atoms with van der Waals surface area (Å²) in [4.78, 5) is 12.5. The van der Waals surface area contributed by atoms with E-state index in [9.17, 15) is 4.79 Å². The molecule has 1 atom stereocenters. The second-order valence-electron chi connectivity index (χ2n) is 4.59. The van der Waals surface area contributed by atoms with E-state index in [4.69, 9.17) is 5.73 Å². The van der Waals surface area contributed by atoms with E-state index in [1.54, 1.807) is 11.3 Å². The monoisotopic (exact) mass is 247 g/mol. The third kappa shape index (κ3) is 2.26. The van der Waals surface area contributed by atoms with Crippen molar-refractivity contribution in [2.45, 2.75) is 13.8 Å². The van der Waals surface area contributed by atoms with Crippen molar-refractivity contribution >= 4 is 27.2 Å². The molecule has 0 saturated heterocycles. The SMILES string of the molecule is CC(C)C(CN)C(=O)c1cccc2ccsc12. The molecule has 2 aromatic rings. The van der Waals surface area contributed by atoms with Crippen LogP contribution >= 0.6 is 11.3 Å². The molecule has 1 unspecified atom stereocenters. The number of fused-ring (bicyclic) bond motifs is 1. The van der Waals surface area contributed by atoms with Crippen molar-refractivity contribution < 1.29 is 4.79 Å². The molecule has 0 fully saturated rings. The first-order chi connectivity index (χ1) is 8.15. The van der Waals surface area contributed by atoms with Gasteiger partial charge in [0.15, 0.2) is 5.78 Å². The van der Waals surface area contributed by atoms with E-state index in [1.807, 2.05) is 43.5 Å². The normalized spacial score (nSPS) is 13.2. The molecule has 0 bridgehead atoms. The van der Waals surface area contributed by atoms with Gasteiger partial charge < -0.3 is 5.73 Å². The van der Waals surface area contributed by atoms with Crippen molar-refractivity contribution in [1.82, 2.24) is 0 Å². The van der Waals surface area contributed by atoms with E-state index < -0.39 is 0 Å². The number of thiophene rings is 1. The number of ketones is 1. The zero-order valence-electron chi connectivity index (χ0n) is 10.1. The predicted octanol–water partition coefficient (Wildman–Crippen LogP) is 3.31. The quantitative estimate of drug-likeness (QED) is 0.842. The van der Waals surface area contributed by atoms with Crippen molar-refractivity contribution in [2.75, 3.05) is 6.54 Å². The smallest absolute Gasteiger partial charge is 0.168 e. The fourth-order valence-corrected chi connectivity index (χ4v) is 2.99. The Morgan fingerprint density at radius 1 is 1.35 bits per heavy atom. The lowest BCUT2D eigenvalue weighted by molar-refractivity contribution is 0.0894. The summed E-state index contributed by atoms with van der Waals surface area (Å²) < 4.78 is 1.08. The van der Waals surface area contributed by atoms with Crippen molar-refractivity contribution in [3.8, 4) is 0 Å². The van der Waals surface area contributed by atoms with Crippen LogP contribution in [0, 0.1) is 11.8 Å². The summed E-state index contributed by atoms with van der Waals surface area (Å²) in [6, 6.07) is 7.93. The third-order valence-electron chi connectivity index (χ3n) is 3.14. The first kappa shape index (κ1) is 12.3. The molecule has 90 valence electrons. The molecule has 2 N–H and O–H groups in total. The molecule has 17 heavy (non-hydrogen) atoms. The van der Waals surface area contributed by atoms with E-state index in [-0.39, 0.29) is 17.6 Å². The molecule has 0 amide bonds. The van der Waals surface area contributed by atoms with Crippen LogP contribution in [0.1, 0.15) is 24.2 Å². The summed E-state index contributed by atoms with van der Waals surface area (Å²) >= 11 is 1.62. The van der Waals surface area contributed by atoms with Gasteiger partial charge in [0.25, 0.3) is 0 Å². The van der Waals surface area contributed by atoms with Crippen molar-refractivity contribution in [1.29, 1.82) is 0 Å². The molecule has 1 aromatic heterocycles. The predicted molar refractivity (Wildman–Crippen MR) is 73.5 cm³/mol. The van der Waals surface area contributed by atoms with Gasteiger partial charge in [-0.1, -0.05) is 26.0 Å². The van der Waals surface area contributed by atoms with Crippen LogP contribution in [0.3, 0.4) is 0 Å². The summed E-state index contributed by atoms with van der Waals surface area (Å²) in [6.07, 6.45) is 0. The number of nitrogens with two attached hydrogens (primary N) is 1. The second-order valence-corrected chi connectivity index (χ2v) is 5.51. The van der Waals surface area contributed by atoms with Crippen molar-refractivity contribution in [2.24, 2.45) is 17.6 Å². The summed E-state index contributed by atoms with van der Waals surface area (Å²) in [5, 5.41) is 3.16. The topological polar surface area (TPSA) is 43.1 Å². The van der Waals surface area contributed by atoms with Crippen molar-refractivity contribution in [3.05, 3.63) is 35.2 Å². The molecule has 0 radical (unpaired) electrons. The van der Waals surface area contributed by atoms with Crippen LogP contribution < -0.4 is 5.73 Å². The van der Waals surface area contributed by atoms with Crippen LogP contribution in [0.25, 0.3) is 10.1 Å². The fourth-order valence-electron chi connectivity index (χ4n) is 2.07. The van der Waals surface area contributed by atoms with E-state index in [1.165, 1.54) is 0 Å². The highest BCUT2D eigenvalue weighted by Crippen LogP contribution is 2.27. The number of Topliss-reactive ketones (excluding diaryl/α,β-unsaturated/α-hetero) is 1. The summed E-state index contributed by atoms with van der Waals surface area (Å²) in [6.45, 7) is 4.51. The van der Waals surface area contributed by atoms with Gasteiger partial charge in [-0.05, 0) is 28.8 Å². The number of hydrogen-bond acceptors (Lipinski definition) is 3. The van der Waals surface area contributed by atoms with Crippen molar-refractivity contribution in [3.63, 3.8) is 0 Å². The minimum absolute atomic E-state index is 0.0808. The van der Waals surface area contributed by atoms with Gasteiger partial charge in [0.05, 0.1) is 0 Å². The molecule has 0 aliphatic carbocycles. The zero-order valence-corrected chi connectivity index (χ0v) is 11.0. The maximum Gasteiger partial charge on any atom is 0.168 e. The molecule has 0 aliphatic heterocycles. The Kier molecular flexibility index (Phi) is 3.60. The van der Waals surface area contributed by atoms with E-state index >= 15 is 0 Å². The van der Waals surface area contributed by atoms with Gasteiger partial charge in [0.2, 0.25) is 0 Å². The molecule has 1 heterocycles. The van der Waals surface area contributed by atoms with E-state index in [0.29, 0.717) is 6.54 Å². The van der Waals surface area contributed by atoms with Crippen LogP contribution in [0.15, 0.2) is 29.6 Å². The molecule has 0 saturated carbocycles. The Morgan fingerprint density at radius 3 is 2.76 bits per heavy atom. The molecule has 0 spiro atoms. The fraction of sp³-hybridized carbons (Fsp3) is 0.357. The van der Waals surface area contributed by atoms with Crippen LogP contribution in [-0.4, -0.2) is 12.3 Å². The highest BCUT2D eigenvalue weighted by molar-refractivity contribution is 7.17. The third-order valence-corrected chi connectivity index (χ3v) is 4.10. The zero-order chi connectivity index (χ0) is 12.4. The lowest BCUT2D eigenvalue weighted by atomic mass is 9.88. The maximum atomic E-state index is 12.5. The average Bonchev–Trinajstić information content (AvgIpc) is 2.76. The maximum absolute atomic E-state index is 12.5. The van der Waals surface area contributed by atoms with Crippen LogP contribution in [0.2, 0.25) is 0 Å². The Labute approximate surface area is 105 Å². The number of benzene rings is 1. The highest BCUT2D eigenvalue weighted by atomic mass is 32.1. The van der Waals surface area contributed by atoms with Crippen LogP contribution in [0.4, 0.5) is 0 Å². The van der Waals surface area contributed by atoms with Gasteiger partial charge in [-0.2, -0.15) is 0 Å². The highest BCUT2D eigenvalue weighted by Gasteiger charge is 2.23. The lowest BCUT2D eigenvalue weighted by Gasteiger charge is -2.17. The minimum atomic E-state index is -0.0808. The van der Waals surface area contributed by atoms with E-state index in [2.05, 4.69) is 0 Å². The van der Waals surface area contributed by atoms with Gasteiger partial charge in [0, 0.05) is 22.7 Å². The van der Waals surface area contributed by atoms with Crippen LogP contribution in [-0.2, 0) is 0 Å². The summed E-state index contributed by atoms with van der Waals surface area (Å²) in [7, 11) is 0. The van der Waals surface area contributed by atoms with Gasteiger partial charge in [-0.15, -0.1) is 11.3 Å². The number of carbonyl (C=O) groups excluding carboxylic acids is 1. The Bertz CT molecular complexity index is 530. The molecule has 2 nitrogen and oxygen atoms in total. The standard InChI is InChI=1S/C14H17NOS/c1-9(2)12(8-15)13(16)11-5-3-4-10-6-7-17-14(10)11/h3-7,9,12H,8,15H2,1-2H3. The Hall–Kier alpha value is -1.19. The molecule has 1 aromatic carbocycles. The van der Waals surface area contributed by atoms with Gasteiger partial charge in [-0.3, -0.25) is 4.79 Å². The summed E-state index contributed by atoms with van der Waals surface area (Å²) in [5.74, 6) is 0.376. The number of carbonyl (C=O) groups is 1. The Balaban J connectivity index is 2.45. The Morgan fingerprint density at radius 2 is 2.12 bits per heavy atom. The lowest BCUT2D eigenvalue weighted by Crippen LogP contribution is -2.28. The average molecular weight is 247 g/mol. The molecular formula is C14H17NOS. The van der Waals surface area contributed by atoms with Gasteiger partial charge in [0.1, 0.15) is 0 Å². The molecule has 2 rings (SSSR count). The number of rotatable bonds is 4. The molecule has 3 heteroatoms. The van der Waals surface area contributed by atoms with E-state index in [0.717, 1.165) is 15.6 Å².